The molecule has 10 heavy (non-hydrogen) atoms. The van der Waals surface area contributed by atoms with Gasteiger partial charge in [0, 0.05) is 6.61 Å². The maximum Gasteiger partial charge on any atom is 0.106 e. The molecule has 0 aliphatic carbocycles. The Morgan fingerprint density at radius 3 is 2.80 bits per heavy atom. The monoisotopic (exact) mass is 146 g/mol. The van der Waals surface area contributed by atoms with Crippen molar-refractivity contribution in [2.75, 3.05) is 13.2 Å². The van der Waals surface area contributed by atoms with Crippen LogP contribution in [0.2, 0.25) is 0 Å². The van der Waals surface area contributed by atoms with Gasteiger partial charge in [0.2, 0.25) is 0 Å². The summed E-state index contributed by atoms with van der Waals surface area (Å²) in [4.78, 5) is 0. The quantitative estimate of drug-likeness (QED) is 0.537. The molecule has 60 valence electrons. The lowest BCUT2D eigenvalue weighted by molar-refractivity contribution is -0.113. The fourth-order valence-electron chi connectivity index (χ4n) is 1.21. The fraction of sp³-hybridized carbons (Fsp3) is 1.00. The van der Waals surface area contributed by atoms with E-state index in [0.717, 1.165) is 6.42 Å². The summed E-state index contributed by atoms with van der Waals surface area (Å²) in [6.07, 6.45) is -0.0875. The SMILES string of the molecule is CC1COC(CO)C(O)C1. The molecule has 1 saturated heterocycles. The van der Waals surface area contributed by atoms with Crippen molar-refractivity contribution >= 4 is 0 Å². The normalized spacial score (nSPS) is 41.7. The van der Waals surface area contributed by atoms with Crippen molar-refractivity contribution in [1.29, 1.82) is 0 Å². The van der Waals surface area contributed by atoms with Gasteiger partial charge in [-0.1, -0.05) is 6.92 Å². The molecule has 3 heteroatoms. The van der Waals surface area contributed by atoms with Gasteiger partial charge in [-0.2, -0.15) is 0 Å². The van der Waals surface area contributed by atoms with Gasteiger partial charge in [0.15, 0.2) is 0 Å². The van der Waals surface area contributed by atoms with E-state index in [1.807, 2.05) is 6.92 Å². The number of hydrogen-bond donors (Lipinski definition) is 2. The average Bonchev–Trinajstić information content (AvgIpc) is 1.88. The molecule has 3 atom stereocenters. The fourth-order valence-corrected chi connectivity index (χ4v) is 1.21. The van der Waals surface area contributed by atoms with Gasteiger partial charge >= 0.3 is 0 Å². The summed E-state index contributed by atoms with van der Waals surface area (Å²) in [5.74, 6) is 0.415. The predicted octanol–water partition coefficient (Wildman–Crippen LogP) is -0.235. The molecule has 1 aliphatic rings. The maximum atomic E-state index is 9.25. The van der Waals surface area contributed by atoms with E-state index in [0.29, 0.717) is 12.5 Å². The van der Waals surface area contributed by atoms with Crippen molar-refractivity contribution < 1.29 is 14.9 Å². The number of ether oxygens (including phenoxy) is 1. The van der Waals surface area contributed by atoms with Crippen LogP contribution in [0.25, 0.3) is 0 Å². The van der Waals surface area contributed by atoms with E-state index in [2.05, 4.69) is 0 Å². The molecule has 1 heterocycles. The summed E-state index contributed by atoms with van der Waals surface area (Å²) in [7, 11) is 0. The van der Waals surface area contributed by atoms with Gasteiger partial charge < -0.3 is 14.9 Å². The zero-order chi connectivity index (χ0) is 7.56. The highest BCUT2D eigenvalue weighted by Crippen LogP contribution is 2.18. The molecule has 3 nitrogen and oxygen atoms in total. The van der Waals surface area contributed by atoms with E-state index in [1.165, 1.54) is 0 Å². The predicted molar refractivity (Wildman–Crippen MR) is 36.6 cm³/mol. The molecule has 2 N–H and O–H groups in total. The van der Waals surface area contributed by atoms with Crippen molar-refractivity contribution in [3.05, 3.63) is 0 Å². The molecule has 0 saturated carbocycles. The molecule has 0 aromatic heterocycles. The highest BCUT2D eigenvalue weighted by Gasteiger charge is 2.26. The second-order valence-electron chi connectivity index (χ2n) is 2.96. The zero-order valence-electron chi connectivity index (χ0n) is 6.16. The second kappa shape index (κ2) is 3.32. The van der Waals surface area contributed by atoms with Crippen LogP contribution in [0.15, 0.2) is 0 Å². The van der Waals surface area contributed by atoms with Crippen LogP contribution >= 0.6 is 0 Å². The first-order valence-electron chi connectivity index (χ1n) is 3.64. The first kappa shape index (κ1) is 7.98. The van der Waals surface area contributed by atoms with Crippen molar-refractivity contribution in [3.63, 3.8) is 0 Å². The average molecular weight is 146 g/mol. The Morgan fingerprint density at radius 2 is 2.30 bits per heavy atom. The number of aliphatic hydroxyl groups is 2. The first-order chi connectivity index (χ1) is 4.74. The minimum Gasteiger partial charge on any atom is -0.394 e. The number of rotatable bonds is 1. The lowest BCUT2D eigenvalue weighted by atomic mass is 9.98. The Morgan fingerprint density at radius 1 is 1.60 bits per heavy atom. The summed E-state index contributed by atoms with van der Waals surface area (Å²) in [6.45, 7) is 2.60. The van der Waals surface area contributed by atoms with Crippen LogP contribution in [0.5, 0.6) is 0 Å². The Kier molecular flexibility index (Phi) is 2.65. The molecule has 1 aliphatic heterocycles. The largest absolute Gasteiger partial charge is 0.394 e. The van der Waals surface area contributed by atoms with Gasteiger partial charge in [-0.3, -0.25) is 0 Å². The summed E-state index contributed by atoms with van der Waals surface area (Å²) in [5.41, 5.74) is 0. The lowest BCUT2D eigenvalue weighted by Crippen LogP contribution is -2.39. The third-order valence-electron chi connectivity index (χ3n) is 1.85. The molecule has 0 bridgehead atoms. The van der Waals surface area contributed by atoms with E-state index in [-0.39, 0.29) is 12.7 Å². The molecule has 0 aromatic carbocycles. The van der Waals surface area contributed by atoms with Crippen molar-refractivity contribution in [2.45, 2.75) is 25.6 Å². The van der Waals surface area contributed by atoms with E-state index >= 15 is 0 Å². The van der Waals surface area contributed by atoms with Gasteiger partial charge in [-0.05, 0) is 12.3 Å². The Hall–Kier alpha value is -0.120. The summed E-state index contributed by atoms with van der Waals surface area (Å²) >= 11 is 0. The van der Waals surface area contributed by atoms with Gasteiger partial charge in [-0.25, -0.2) is 0 Å². The maximum absolute atomic E-state index is 9.25. The van der Waals surface area contributed by atoms with Gasteiger partial charge in [0.1, 0.15) is 6.10 Å². The van der Waals surface area contributed by atoms with Crippen LogP contribution < -0.4 is 0 Å². The van der Waals surface area contributed by atoms with Crippen LogP contribution in [0.4, 0.5) is 0 Å². The summed E-state index contributed by atoms with van der Waals surface area (Å²) < 4.78 is 5.15. The van der Waals surface area contributed by atoms with E-state index in [9.17, 15) is 5.11 Å². The molecule has 0 radical (unpaired) electrons. The highest BCUT2D eigenvalue weighted by atomic mass is 16.5. The minimum absolute atomic E-state index is 0.0755. The van der Waals surface area contributed by atoms with Gasteiger partial charge in [0.05, 0.1) is 12.7 Å². The number of hydrogen-bond acceptors (Lipinski definition) is 3. The first-order valence-corrected chi connectivity index (χ1v) is 3.64. The molecular weight excluding hydrogens is 132 g/mol. The van der Waals surface area contributed by atoms with Crippen molar-refractivity contribution in [2.24, 2.45) is 5.92 Å². The highest BCUT2D eigenvalue weighted by molar-refractivity contribution is 4.75. The standard InChI is InChI=1S/C7H14O3/c1-5-2-6(9)7(3-8)10-4-5/h5-9H,2-4H2,1H3. The molecule has 1 fully saturated rings. The van der Waals surface area contributed by atoms with E-state index < -0.39 is 6.10 Å². The van der Waals surface area contributed by atoms with Crippen LogP contribution in [-0.4, -0.2) is 35.6 Å². The van der Waals surface area contributed by atoms with Crippen LogP contribution in [0, 0.1) is 5.92 Å². The van der Waals surface area contributed by atoms with Crippen LogP contribution in [0.3, 0.4) is 0 Å². The minimum atomic E-state index is -0.478. The Labute approximate surface area is 60.6 Å². The van der Waals surface area contributed by atoms with E-state index in [1.54, 1.807) is 0 Å². The third kappa shape index (κ3) is 1.68. The van der Waals surface area contributed by atoms with Crippen molar-refractivity contribution in [1.82, 2.24) is 0 Å². The smallest absolute Gasteiger partial charge is 0.106 e. The summed E-state index contributed by atoms with van der Waals surface area (Å²) in [6, 6.07) is 0. The van der Waals surface area contributed by atoms with E-state index in [4.69, 9.17) is 9.84 Å². The summed E-state index contributed by atoms with van der Waals surface area (Å²) in [5, 5.41) is 17.9. The zero-order valence-corrected chi connectivity index (χ0v) is 6.16. The molecule has 0 aromatic rings. The molecule has 3 unspecified atom stereocenters. The second-order valence-corrected chi connectivity index (χ2v) is 2.96. The molecular formula is C7H14O3. The van der Waals surface area contributed by atoms with Crippen LogP contribution in [0.1, 0.15) is 13.3 Å². The Bertz CT molecular complexity index is 105. The lowest BCUT2D eigenvalue weighted by Gasteiger charge is -2.30. The van der Waals surface area contributed by atoms with Crippen molar-refractivity contribution in [3.8, 4) is 0 Å². The molecule has 0 spiro atoms. The van der Waals surface area contributed by atoms with Gasteiger partial charge in [-0.15, -0.1) is 0 Å². The topological polar surface area (TPSA) is 49.7 Å². The third-order valence-corrected chi connectivity index (χ3v) is 1.85. The van der Waals surface area contributed by atoms with Gasteiger partial charge in [0.25, 0.3) is 0 Å². The molecule has 0 amide bonds. The van der Waals surface area contributed by atoms with Crippen LogP contribution in [-0.2, 0) is 4.74 Å². The Balaban J connectivity index is 2.36. The molecule has 1 rings (SSSR count). The number of aliphatic hydroxyl groups excluding tert-OH is 2.